The molecule has 0 aromatic heterocycles. The Labute approximate surface area is 139 Å². The van der Waals surface area contributed by atoms with Crippen LogP contribution in [0.4, 0.5) is 4.79 Å². The second kappa shape index (κ2) is 6.20. The zero-order valence-corrected chi connectivity index (χ0v) is 13.0. The van der Waals surface area contributed by atoms with Crippen molar-refractivity contribution >= 4 is 12.1 Å². The van der Waals surface area contributed by atoms with E-state index in [1.54, 1.807) is 48.5 Å². The molecule has 1 saturated heterocycles. The third kappa shape index (κ3) is 2.34. The van der Waals surface area contributed by atoms with Crippen molar-refractivity contribution in [2.24, 2.45) is 0 Å². The molecule has 0 unspecified atom stereocenters. The Bertz CT molecular complexity index is 759. The van der Waals surface area contributed by atoms with Crippen molar-refractivity contribution in [3.05, 3.63) is 84.4 Å². The summed E-state index contributed by atoms with van der Waals surface area (Å²) in [5.74, 6) is -0.593. The number of carboxylic acid groups (broad SMARTS) is 1. The van der Waals surface area contributed by atoms with Gasteiger partial charge in [0.25, 0.3) is 0 Å². The standard InChI is InChI=1S/C19H17NO4/c1-2-13-19(15-11-7-4-8-12-15)17(21)24-16(20(19)18(22)23)14-9-5-3-6-10-14/h2-12,16H,1,13H2,(H,22,23)/t16-,19-/m0/s1. The monoisotopic (exact) mass is 323 g/mol. The van der Waals surface area contributed by atoms with Gasteiger partial charge in [-0.05, 0) is 5.56 Å². The molecule has 24 heavy (non-hydrogen) atoms. The van der Waals surface area contributed by atoms with Gasteiger partial charge < -0.3 is 9.84 Å². The SMILES string of the molecule is C=CC[C@]1(c2ccccc2)C(=O)O[C@@H](c2ccccc2)N1C(=O)O. The summed E-state index contributed by atoms with van der Waals surface area (Å²) < 4.78 is 5.50. The molecule has 5 heteroatoms. The van der Waals surface area contributed by atoms with Crippen molar-refractivity contribution < 1.29 is 19.4 Å². The van der Waals surface area contributed by atoms with E-state index in [0.717, 1.165) is 4.90 Å². The Morgan fingerprint density at radius 1 is 1.17 bits per heavy atom. The number of nitrogens with zero attached hydrogens (tertiary/aromatic N) is 1. The largest absolute Gasteiger partial charge is 0.465 e. The maximum atomic E-state index is 12.8. The van der Waals surface area contributed by atoms with E-state index in [4.69, 9.17) is 4.74 Å². The fourth-order valence-electron chi connectivity index (χ4n) is 3.13. The molecule has 1 aliphatic heterocycles. The molecule has 0 saturated carbocycles. The Balaban J connectivity index is 2.18. The van der Waals surface area contributed by atoms with Gasteiger partial charge in [0.05, 0.1) is 0 Å². The lowest BCUT2D eigenvalue weighted by atomic mass is 9.85. The van der Waals surface area contributed by atoms with Crippen LogP contribution in [0.5, 0.6) is 0 Å². The first kappa shape index (κ1) is 15.8. The third-order valence-electron chi connectivity index (χ3n) is 4.18. The van der Waals surface area contributed by atoms with Gasteiger partial charge in [0.15, 0.2) is 5.54 Å². The number of carbonyl (C=O) groups excluding carboxylic acids is 1. The Hall–Kier alpha value is -3.08. The summed E-state index contributed by atoms with van der Waals surface area (Å²) in [7, 11) is 0. The predicted molar refractivity (Wildman–Crippen MR) is 88.1 cm³/mol. The predicted octanol–water partition coefficient (Wildman–Crippen LogP) is 3.69. The highest BCUT2D eigenvalue weighted by molar-refractivity contribution is 5.90. The maximum absolute atomic E-state index is 12.8. The quantitative estimate of drug-likeness (QED) is 0.688. The fourth-order valence-corrected chi connectivity index (χ4v) is 3.13. The lowest BCUT2D eigenvalue weighted by Crippen LogP contribution is -2.48. The van der Waals surface area contributed by atoms with Crippen molar-refractivity contribution in [3.63, 3.8) is 0 Å². The highest BCUT2D eigenvalue weighted by Crippen LogP contribution is 2.46. The van der Waals surface area contributed by atoms with Crippen LogP contribution in [0, 0.1) is 0 Å². The van der Waals surface area contributed by atoms with E-state index >= 15 is 0 Å². The molecule has 2 aromatic rings. The van der Waals surface area contributed by atoms with Crippen molar-refractivity contribution in [3.8, 4) is 0 Å². The van der Waals surface area contributed by atoms with Gasteiger partial charge in [-0.3, -0.25) is 0 Å². The molecule has 5 nitrogen and oxygen atoms in total. The smallest absolute Gasteiger partial charge is 0.411 e. The molecule has 0 radical (unpaired) electrons. The van der Waals surface area contributed by atoms with Crippen molar-refractivity contribution in [2.45, 2.75) is 18.2 Å². The molecule has 0 spiro atoms. The van der Waals surface area contributed by atoms with E-state index in [0.29, 0.717) is 11.1 Å². The number of benzene rings is 2. The average Bonchev–Trinajstić information content (AvgIpc) is 2.91. The Morgan fingerprint density at radius 3 is 2.29 bits per heavy atom. The van der Waals surface area contributed by atoms with Gasteiger partial charge in [-0.25, -0.2) is 14.5 Å². The summed E-state index contributed by atoms with van der Waals surface area (Å²) in [6.45, 7) is 3.69. The van der Waals surface area contributed by atoms with Crippen LogP contribution < -0.4 is 0 Å². The van der Waals surface area contributed by atoms with Gasteiger partial charge >= 0.3 is 12.1 Å². The number of carbonyl (C=O) groups is 2. The van der Waals surface area contributed by atoms with Crippen LogP contribution in [-0.2, 0) is 15.1 Å². The second-order valence-corrected chi connectivity index (χ2v) is 5.54. The molecular weight excluding hydrogens is 306 g/mol. The average molecular weight is 323 g/mol. The number of esters is 1. The zero-order chi connectivity index (χ0) is 17.2. The highest BCUT2D eigenvalue weighted by Gasteiger charge is 2.58. The van der Waals surface area contributed by atoms with Crippen LogP contribution in [0.1, 0.15) is 23.8 Å². The summed E-state index contributed by atoms with van der Waals surface area (Å²) in [5, 5.41) is 9.85. The molecule has 1 fully saturated rings. The molecule has 0 aliphatic carbocycles. The molecular formula is C19H17NO4. The van der Waals surface area contributed by atoms with Gasteiger partial charge in [-0.2, -0.15) is 0 Å². The molecule has 1 amide bonds. The van der Waals surface area contributed by atoms with Crippen LogP contribution >= 0.6 is 0 Å². The minimum atomic E-state index is -1.44. The molecule has 3 rings (SSSR count). The Kier molecular flexibility index (Phi) is 4.08. The normalized spacial score (nSPS) is 22.9. The van der Waals surface area contributed by atoms with Crippen LogP contribution in [0.2, 0.25) is 0 Å². The van der Waals surface area contributed by atoms with E-state index in [1.165, 1.54) is 6.08 Å². The molecule has 122 valence electrons. The lowest BCUT2D eigenvalue weighted by molar-refractivity contribution is -0.145. The van der Waals surface area contributed by atoms with Gasteiger partial charge in [-0.1, -0.05) is 66.7 Å². The summed E-state index contributed by atoms with van der Waals surface area (Å²) >= 11 is 0. The van der Waals surface area contributed by atoms with Gasteiger partial charge in [0.2, 0.25) is 6.23 Å². The topological polar surface area (TPSA) is 66.8 Å². The summed E-state index contributed by atoms with van der Waals surface area (Å²) in [6, 6.07) is 17.7. The van der Waals surface area contributed by atoms with E-state index in [9.17, 15) is 14.7 Å². The first-order chi connectivity index (χ1) is 11.6. The number of hydrogen-bond acceptors (Lipinski definition) is 3. The number of cyclic esters (lactones) is 1. The first-order valence-electron chi connectivity index (χ1n) is 7.56. The summed E-state index contributed by atoms with van der Waals surface area (Å²) in [4.78, 5) is 25.9. The van der Waals surface area contributed by atoms with Crippen molar-refractivity contribution in [1.82, 2.24) is 4.90 Å². The third-order valence-corrected chi connectivity index (χ3v) is 4.18. The number of rotatable bonds is 4. The van der Waals surface area contributed by atoms with E-state index in [1.807, 2.05) is 12.1 Å². The number of ether oxygens (including phenoxy) is 1. The minimum absolute atomic E-state index is 0.130. The lowest BCUT2D eigenvalue weighted by Gasteiger charge is -2.34. The number of amides is 1. The molecule has 1 N–H and O–H groups in total. The molecule has 1 heterocycles. The van der Waals surface area contributed by atoms with Crippen LogP contribution in [-0.4, -0.2) is 22.1 Å². The van der Waals surface area contributed by atoms with Crippen LogP contribution in [0.3, 0.4) is 0 Å². The summed E-state index contributed by atoms with van der Waals surface area (Å²) in [5.41, 5.74) is -0.263. The van der Waals surface area contributed by atoms with E-state index in [-0.39, 0.29) is 6.42 Å². The summed E-state index contributed by atoms with van der Waals surface area (Å²) in [6.07, 6.45) is -0.542. The fraction of sp³-hybridized carbons (Fsp3) is 0.158. The maximum Gasteiger partial charge on any atom is 0.411 e. The molecule has 0 bridgehead atoms. The van der Waals surface area contributed by atoms with Crippen molar-refractivity contribution in [1.29, 1.82) is 0 Å². The molecule has 2 aromatic carbocycles. The van der Waals surface area contributed by atoms with E-state index < -0.39 is 23.8 Å². The molecule has 1 aliphatic rings. The van der Waals surface area contributed by atoms with Crippen LogP contribution in [0.15, 0.2) is 73.3 Å². The van der Waals surface area contributed by atoms with Crippen LogP contribution in [0.25, 0.3) is 0 Å². The van der Waals surface area contributed by atoms with Gasteiger partial charge in [0.1, 0.15) is 0 Å². The van der Waals surface area contributed by atoms with Gasteiger partial charge in [-0.15, -0.1) is 6.58 Å². The highest BCUT2D eigenvalue weighted by atomic mass is 16.6. The zero-order valence-electron chi connectivity index (χ0n) is 13.0. The first-order valence-corrected chi connectivity index (χ1v) is 7.56. The Morgan fingerprint density at radius 2 is 1.75 bits per heavy atom. The van der Waals surface area contributed by atoms with E-state index in [2.05, 4.69) is 6.58 Å². The van der Waals surface area contributed by atoms with Gasteiger partial charge in [0, 0.05) is 12.0 Å². The molecule has 2 atom stereocenters. The van der Waals surface area contributed by atoms with Crippen molar-refractivity contribution in [2.75, 3.05) is 0 Å². The number of hydrogen-bond donors (Lipinski definition) is 1. The minimum Gasteiger partial charge on any atom is -0.465 e. The second-order valence-electron chi connectivity index (χ2n) is 5.54.